The summed E-state index contributed by atoms with van der Waals surface area (Å²) in [6.07, 6.45) is 3.85. The molecule has 1 aromatic heterocycles. The number of halogens is 1. The fraction of sp³-hybridized carbons (Fsp3) is 0.214. The summed E-state index contributed by atoms with van der Waals surface area (Å²) >= 11 is 0. The van der Waals surface area contributed by atoms with Gasteiger partial charge in [-0.05, 0) is 30.2 Å². The number of ether oxygens (including phenoxy) is 1. The summed E-state index contributed by atoms with van der Waals surface area (Å²) in [5.74, 6) is 0.405. The molecule has 0 radical (unpaired) electrons. The number of nitrogens with zero attached hydrogens (tertiary/aromatic N) is 1. The second kappa shape index (κ2) is 5.60. The molecule has 0 aliphatic rings. The molecule has 1 heterocycles. The molecule has 0 saturated heterocycles. The zero-order valence-corrected chi connectivity index (χ0v) is 10.1. The van der Waals surface area contributed by atoms with Crippen molar-refractivity contribution in [2.75, 3.05) is 7.11 Å². The van der Waals surface area contributed by atoms with Crippen LogP contribution in [0.2, 0.25) is 0 Å². The molecule has 94 valence electrons. The van der Waals surface area contributed by atoms with Gasteiger partial charge in [0.1, 0.15) is 11.6 Å². The zero-order chi connectivity index (χ0) is 13.0. The van der Waals surface area contributed by atoms with E-state index in [4.69, 9.17) is 10.5 Å². The summed E-state index contributed by atoms with van der Waals surface area (Å²) in [5, 5.41) is 0. The first-order valence-electron chi connectivity index (χ1n) is 5.68. The van der Waals surface area contributed by atoms with E-state index in [1.807, 2.05) is 12.1 Å². The van der Waals surface area contributed by atoms with Gasteiger partial charge >= 0.3 is 0 Å². The maximum atomic E-state index is 13.1. The number of rotatable bonds is 4. The topological polar surface area (TPSA) is 48.1 Å². The lowest BCUT2D eigenvalue weighted by Crippen LogP contribution is -2.14. The average molecular weight is 246 g/mol. The third-order valence-electron chi connectivity index (χ3n) is 2.78. The molecular formula is C14H15FN2O. The molecule has 1 aromatic carbocycles. The standard InChI is InChI=1S/C14H15FN2O/c1-18-14-9-17-6-5-12(14)13(16)8-10-3-2-4-11(15)7-10/h2-7,9,13H,8,16H2,1H3. The van der Waals surface area contributed by atoms with Gasteiger partial charge in [-0.25, -0.2) is 4.39 Å². The van der Waals surface area contributed by atoms with Gasteiger partial charge in [-0.1, -0.05) is 12.1 Å². The first kappa shape index (κ1) is 12.5. The fourth-order valence-corrected chi connectivity index (χ4v) is 1.90. The van der Waals surface area contributed by atoms with Crippen LogP contribution in [-0.2, 0) is 6.42 Å². The summed E-state index contributed by atoms with van der Waals surface area (Å²) in [6, 6.07) is 8.03. The Kier molecular flexibility index (Phi) is 3.89. The van der Waals surface area contributed by atoms with E-state index in [1.54, 1.807) is 25.6 Å². The molecule has 2 N–H and O–H groups in total. The Bertz CT molecular complexity index is 531. The van der Waals surface area contributed by atoms with E-state index >= 15 is 0 Å². The van der Waals surface area contributed by atoms with E-state index in [0.29, 0.717) is 12.2 Å². The van der Waals surface area contributed by atoms with Crippen molar-refractivity contribution in [3.05, 3.63) is 59.7 Å². The monoisotopic (exact) mass is 246 g/mol. The van der Waals surface area contributed by atoms with Crippen molar-refractivity contribution in [2.45, 2.75) is 12.5 Å². The smallest absolute Gasteiger partial charge is 0.141 e. The van der Waals surface area contributed by atoms with Crippen molar-refractivity contribution in [3.8, 4) is 5.75 Å². The van der Waals surface area contributed by atoms with Gasteiger partial charge < -0.3 is 10.5 Å². The van der Waals surface area contributed by atoms with Gasteiger partial charge in [0, 0.05) is 17.8 Å². The van der Waals surface area contributed by atoms with Crippen LogP contribution in [0.25, 0.3) is 0 Å². The first-order chi connectivity index (χ1) is 8.70. The van der Waals surface area contributed by atoms with Gasteiger partial charge in [-0.3, -0.25) is 4.98 Å². The molecule has 1 unspecified atom stereocenters. The Morgan fingerprint density at radius 2 is 2.22 bits per heavy atom. The second-order valence-corrected chi connectivity index (χ2v) is 4.06. The molecule has 0 saturated carbocycles. The van der Waals surface area contributed by atoms with Gasteiger partial charge in [0.25, 0.3) is 0 Å². The van der Waals surface area contributed by atoms with E-state index in [2.05, 4.69) is 4.98 Å². The van der Waals surface area contributed by atoms with Crippen LogP contribution in [0.5, 0.6) is 5.75 Å². The first-order valence-corrected chi connectivity index (χ1v) is 5.68. The van der Waals surface area contributed by atoms with Crippen molar-refractivity contribution in [3.63, 3.8) is 0 Å². The Morgan fingerprint density at radius 1 is 1.39 bits per heavy atom. The molecule has 0 amide bonds. The van der Waals surface area contributed by atoms with Crippen LogP contribution < -0.4 is 10.5 Å². The lowest BCUT2D eigenvalue weighted by atomic mass is 10.00. The third-order valence-corrected chi connectivity index (χ3v) is 2.78. The molecule has 0 aliphatic carbocycles. The summed E-state index contributed by atoms with van der Waals surface area (Å²) in [7, 11) is 1.58. The van der Waals surface area contributed by atoms with Crippen molar-refractivity contribution in [1.82, 2.24) is 4.98 Å². The molecule has 18 heavy (non-hydrogen) atoms. The number of hydrogen-bond donors (Lipinski definition) is 1. The summed E-state index contributed by atoms with van der Waals surface area (Å²) in [4.78, 5) is 3.98. The van der Waals surface area contributed by atoms with Crippen LogP contribution in [0.15, 0.2) is 42.7 Å². The SMILES string of the molecule is COc1cnccc1C(N)Cc1cccc(F)c1. The number of nitrogens with two attached hydrogens (primary N) is 1. The highest BCUT2D eigenvalue weighted by atomic mass is 19.1. The van der Waals surface area contributed by atoms with E-state index in [-0.39, 0.29) is 11.9 Å². The predicted octanol–water partition coefficient (Wildman–Crippen LogP) is 2.47. The highest BCUT2D eigenvalue weighted by molar-refractivity contribution is 5.34. The van der Waals surface area contributed by atoms with Crippen molar-refractivity contribution < 1.29 is 9.13 Å². The Hall–Kier alpha value is -1.94. The number of pyridine rings is 1. The molecule has 0 fully saturated rings. The molecular weight excluding hydrogens is 231 g/mol. The van der Waals surface area contributed by atoms with Crippen molar-refractivity contribution >= 4 is 0 Å². The van der Waals surface area contributed by atoms with Gasteiger partial charge in [-0.15, -0.1) is 0 Å². The number of benzene rings is 1. The van der Waals surface area contributed by atoms with Gasteiger partial charge in [0.15, 0.2) is 0 Å². The molecule has 3 nitrogen and oxygen atoms in total. The minimum Gasteiger partial charge on any atom is -0.495 e. The highest BCUT2D eigenvalue weighted by Crippen LogP contribution is 2.24. The van der Waals surface area contributed by atoms with Crippen LogP contribution in [-0.4, -0.2) is 12.1 Å². The van der Waals surface area contributed by atoms with Crippen molar-refractivity contribution in [1.29, 1.82) is 0 Å². The number of aromatic nitrogens is 1. The van der Waals surface area contributed by atoms with E-state index < -0.39 is 0 Å². The molecule has 2 rings (SSSR count). The number of hydrogen-bond acceptors (Lipinski definition) is 3. The molecule has 0 aliphatic heterocycles. The minimum absolute atomic E-state index is 0.246. The highest BCUT2D eigenvalue weighted by Gasteiger charge is 2.12. The largest absolute Gasteiger partial charge is 0.495 e. The van der Waals surface area contributed by atoms with E-state index in [1.165, 1.54) is 12.1 Å². The third kappa shape index (κ3) is 2.84. The summed E-state index contributed by atoms with van der Waals surface area (Å²) in [6.45, 7) is 0. The second-order valence-electron chi connectivity index (χ2n) is 4.06. The normalized spacial score (nSPS) is 12.2. The van der Waals surface area contributed by atoms with Crippen molar-refractivity contribution in [2.24, 2.45) is 5.73 Å². The molecule has 1 atom stereocenters. The average Bonchev–Trinajstić information content (AvgIpc) is 2.38. The lowest BCUT2D eigenvalue weighted by molar-refractivity contribution is 0.403. The van der Waals surface area contributed by atoms with Gasteiger partial charge in [-0.2, -0.15) is 0 Å². The number of methoxy groups -OCH3 is 1. The van der Waals surface area contributed by atoms with Crippen LogP contribution in [0.1, 0.15) is 17.2 Å². The Balaban J connectivity index is 2.19. The van der Waals surface area contributed by atoms with Crippen LogP contribution >= 0.6 is 0 Å². The van der Waals surface area contributed by atoms with E-state index in [0.717, 1.165) is 11.1 Å². The summed E-state index contributed by atoms with van der Waals surface area (Å²) < 4.78 is 18.3. The maximum absolute atomic E-state index is 13.1. The quantitative estimate of drug-likeness (QED) is 0.901. The minimum atomic E-state index is -0.249. The maximum Gasteiger partial charge on any atom is 0.141 e. The Morgan fingerprint density at radius 3 is 2.94 bits per heavy atom. The zero-order valence-electron chi connectivity index (χ0n) is 10.1. The lowest BCUT2D eigenvalue weighted by Gasteiger charge is -2.15. The van der Waals surface area contributed by atoms with Crippen LogP contribution in [0, 0.1) is 5.82 Å². The van der Waals surface area contributed by atoms with E-state index in [9.17, 15) is 4.39 Å². The molecule has 0 spiro atoms. The Labute approximate surface area is 105 Å². The van der Waals surface area contributed by atoms with Crippen LogP contribution in [0.4, 0.5) is 4.39 Å². The molecule has 0 bridgehead atoms. The molecule has 4 heteroatoms. The molecule has 2 aromatic rings. The van der Waals surface area contributed by atoms with Gasteiger partial charge in [0.05, 0.1) is 13.3 Å². The predicted molar refractivity (Wildman–Crippen MR) is 67.8 cm³/mol. The van der Waals surface area contributed by atoms with Crippen LogP contribution in [0.3, 0.4) is 0 Å². The summed E-state index contributed by atoms with van der Waals surface area (Å²) in [5.41, 5.74) is 7.86. The fourth-order valence-electron chi connectivity index (χ4n) is 1.90. The van der Waals surface area contributed by atoms with Gasteiger partial charge in [0.2, 0.25) is 0 Å².